The molecule has 0 unspecified atom stereocenters. The van der Waals surface area contributed by atoms with Crippen LogP contribution in [0, 0.1) is 0 Å². The fourth-order valence-electron chi connectivity index (χ4n) is 1.31. The van der Waals surface area contributed by atoms with Crippen LogP contribution in [0.25, 0.3) is 0 Å². The van der Waals surface area contributed by atoms with E-state index in [1.807, 2.05) is 14.1 Å². The Kier molecular flexibility index (Phi) is 4.72. The number of H-pyrrole nitrogens is 1. The fraction of sp³-hybridized carbons (Fsp3) is 0.455. The van der Waals surface area contributed by atoms with E-state index in [0.29, 0.717) is 24.2 Å². The van der Waals surface area contributed by atoms with Crippen molar-refractivity contribution in [1.29, 1.82) is 0 Å². The van der Waals surface area contributed by atoms with Gasteiger partial charge in [0.1, 0.15) is 5.69 Å². The van der Waals surface area contributed by atoms with Crippen LogP contribution in [-0.4, -0.2) is 49.3 Å². The van der Waals surface area contributed by atoms with E-state index in [1.54, 1.807) is 12.1 Å². The van der Waals surface area contributed by atoms with Crippen LogP contribution in [0.15, 0.2) is 12.1 Å². The van der Waals surface area contributed by atoms with Crippen molar-refractivity contribution in [3.63, 3.8) is 0 Å². The van der Waals surface area contributed by atoms with Gasteiger partial charge in [-0.3, -0.25) is 9.59 Å². The molecule has 0 aromatic carbocycles. The Balaban J connectivity index is 2.32. The maximum Gasteiger partial charge on any atom is 0.267 e. The summed E-state index contributed by atoms with van der Waals surface area (Å²) >= 11 is 0. The second-order valence-electron chi connectivity index (χ2n) is 3.86. The van der Waals surface area contributed by atoms with Gasteiger partial charge in [0.05, 0.1) is 5.69 Å². The zero-order valence-electron chi connectivity index (χ0n) is 9.62. The lowest BCUT2D eigenvalue weighted by Gasteiger charge is -2.09. The Labute approximate surface area is 94.8 Å². The molecule has 0 bridgehead atoms. The number of rotatable bonds is 6. The highest BCUT2D eigenvalue weighted by Crippen LogP contribution is 1.99. The lowest BCUT2D eigenvalue weighted by molar-refractivity contribution is 0.0948. The van der Waals surface area contributed by atoms with Gasteiger partial charge in [-0.05, 0) is 39.2 Å². The van der Waals surface area contributed by atoms with E-state index in [-0.39, 0.29) is 5.91 Å². The summed E-state index contributed by atoms with van der Waals surface area (Å²) in [5.74, 6) is -0.174. The molecule has 5 nitrogen and oxygen atoms in total. The number of nitrogens with zero attached hydrogens (tertiary/aromatic N) is 1. The van der Waals surface area contributed by atoms with E-state index in [4.69, 9.17) is 0 Å². The van der Waals surface area contributed by atoms with Gasteiger partial charge in [0.2, 0.25) is 0 Å². The lowest BCUT2D eigenvalue weighted by atomic mass is 10.3. The Morgan fingerprint density at radius 3 is 2.81 bits per heavy atom. The average Bonchev–Trinajstić information content (AvgIpc) is 2.72. The quantitative estimate of drug-likeness (QED) is 0.545. The van der Waals surface area contributed by atoms with E-state index in [1.165, 1.54) is 0 Å². The van der Waals surface area contributed by atoms with Crippen molar-refractivity contribution in [2.45, 2.75) is 6.42 Å². The van der Waals surface area contributed by atoms with E-state index < -0.39 is 0 Å². The third-order valence-electron chi connectivity index (χ3n) is 2.15. The summed E-state index contributed by atoms with van der Waals surface area (Å²) in [5.41, 5.74) is 0.838. The van der Waals surface area contributed by atoms with Gasteiger partial charge in [0, 0.05) is 6.54 Å². The molecular formula is C11H17N3O2. The Hall–Kier alpha value is -1.62. The molecule has 0 fully saturated rings. The zero-order valence-corrected chi connectivity index (χ0v) is 9.62. The molecule has 16 heavy (non-hydrogen) atoms. The summed E-state index contributed by atoms with van der Waals surface area (Å²) in [5, 5.41) is 2.78. The second-order valence-corrected chi connectivity index (χ2v) is 3.86. The van der Waals surface area contributed by atoms with Crippen molar-refractivity contribution in [3.05, 3.63) is 23.5 Å². The minimum Gasteiger partial charge on any atom is -0.351 e. The van der Waals surface area contributed by atoms with Gasteiger partial charge >= 0.3 is 0 Å². The van der Waals surface area contributed by atoms with Crippen molar-refractivity contribution >= 4 is 12.2 Å². The van der Waals surface area contributed by atoms with Crippen LogP contribution < -0.4 is 5.32 Å². The number of aldehydes is 1. The van der Waals surface area contributed by atoms with Crippen LogP contribution in [0.5, 0.6) is 0 Å². The second kappa shape index (κ2) is 6.07. The monoisotopic (exact) mass is 223 g/mol. The first-order chi connectivity index (χ1) is 7.63. The predicted molar refractivity (Wildman–Crippen MR) is 61.7 cm³/mol. The molecule has 1 aromatic heterocycles. The summed E-state index contributed by atoms with van der Waals surface area (Å²) in [4.78, 5) is 26.7. The van der Waals surface area contributed by atoms with Gasteiger partial charge in [0.15, 0.2) is 6.29 Å². The number of hydrogen-bond donors (Lipinski definition) is 2. The predicted octanol–water partition coefficient (Wildman–Crippen LogP) is 0.509. The van der Waals surface area contributed by atoms with Gasteiger partial charge in [-0.1, -0.05) is 0 Å². The van der Waals surface area contributed by atoms with Gasteiger partial charge in [-0.25, -0.2) is 0 Å². The van der Waals surface area contributed by atoms with Gasteiger partial charge < -0.3 is 15.2 Å². The molecule has 0 aliphatic heterocycles. The maximum absolute atomic E-state index is 11.5. The Bertz CT molecular complexity index is 358. The van der Waals surface area contributed by atoms with Crippen LogP contribution in [0.3, 0.4) is 0 Å². The van der Waals surface area contributed by atoms with Gasteiger partial charge in [-0.15, -0.1) is 0 Å². The van der Waals surface area contributed by atoms with Gasteiger partial charge in [0.25, 0.3) is 5.91 Å². The molecule has 0 spiro atoms. The third kappa shape index (κ3) is 3.86. The smallest absolute Gasteiger partial charge is 0.267 e. The molecule has 1 rings (SSSR count). The number of amides is 1. The number of carbonyl (C=O) groups is 2. The van der Waals surface area contributed by atoms with Crippen LogP contribution in [0.4, 0.5) is 0 Å². The number of aromatic amines is 1. The SMILES string of the molecule is CN(C)CCCNC(=O)c1ccc(C=O)[nH]1. The highest BCUT2D eigenvalue weighted by atomic mass is 16.2. The maximum atomic E-state index is 11.5. The van der Waals surface area contributed by atoms with Crippen molar-refractivity contribution in [1.82, 2.24) is 15.2 Å². The molecule has 1 aromatic rings. The lowest BCUT2D eigenvalue weighted by Crippen LogP contribution is -2.27. The number of carbonyl (C=O) groups excluding carboxylic acids is 2. The first-order valence-corrected chi connectivity index (χ1v) is 5.20. The Morgan fingerprint density at radius 2 is 2.25 bits per heavy atom. The molecule has 0 saturated heterocycles. The molecule has 5 heteroatoms. The van der Waals surface area contributed by atoms with Crippen molar-refractivity contribution in [3.8, 4) is 0 Å². The van der Waals surface area contributed by atoms with Crippen LogP contribution >= 0.6 is 0 Å². The average molecular weight is 223 g/mol. The topological polar surface area (TPSA) is 65.2 Å². The molecule has 88 valence electrons. The molecule has 0 saturated carbocycles. The zero-order chi connectivity index (χ0) is 12.0. The minimum absolute atomic E-state index is 0.174. The molecule has 0 aliphatic carbocycles. The fourth-order valence-corrected chi connectivity index (χ4v) is 1.31. The largest absolute Gasteiger partial charge is 0.351 e. The molecular weight excluding hydrogens is 206 g/mol. The summed E-state index contributed by atoms with van der Waals surface area (Å²) in [7, 11) is 3.98. The van der Waals surface area contributed by atoms with Crippen molar-refractivity contribution < 1.29 is 9.59 Å². The van der Waals surface area contributed by atoms with Crippen molar-refractivity contribution in [2.75, 3.05) is 27.2 Å². The number of hydrogen-bond acceptors (Lipinski definition) is 3. The molecule has 0 atom stereocenters. The van der Waals surface area contributed by atoms with Crippen LogP contribution in [-0.2, 0) is 0 Å². The van der Waals surface area contributed by atoms with Gasteiger partial charge in [-0.2, -0.15) is 0 Å². The first kappa shape index (κ1) is 12.4. The van der Waals surface area contributed by atoms with Crippen LogP contribution in [0.2, 0.25) is 0 Å². The highest BCUT2D eigenvalue weighted by Gasteiger charge is 2.06. The normalized spacial score (nSPS) is 10.4. The molecule has 2 N–H and O–H groups in total. The molecule has 0 radical (unpaired) electrons. The third-order valence-corrected chi connectivity index (χ3v) is 2.15. The van der Waals surface area contributed by atoms with Crippen LogP contribution in [0.1, 0.15) is 27.4 Å². The summed E-state index contributed by atoms with van der Waals surface area (Å²) in [6.07, 6.45) is 1.59. The summed E-state index contributed by atoms with van der Waals surface area (Å²) < 4.78 is 0. The van der Waals surface area contributed by atoms with E-state index in [2.05, 4.69) is 15.2 Å². The van der Waals surface area contributed by atoms with E-state index >= 15 is 0 Å². The highest BCUT2D eigenvalue weighted by molar-refractivity contribution is 5.93. The Morgan fingerprint density at radius 1 is 1.50 bits per heavy atom. The van der Waals surface area contributed by atoms with E-state index in [9.17, 15) is 9.59 Å². The molecule has 1 amide bonds. The molecule has 1 heterocycles. The standard InChI is InChI=1S/C11H17N3O2/c1-14(2)7-3-6-12-11(16)10-5-4-9(8-15)13-10/h4-5,8,13H,3,6-7H2,1-2H3,(H,12,16). The number of nitrogens with one attached hydrogen (secondary N) is 2. The minimum atomic E-state index is -0.174. The summed E-state index contributed by atoms with van der Waals surface area (Å²) in [6, 6.07) is 3.19. The molecule has 0 aliphatic rings. The number of aromatic nitrogens is 1. The first-order valence-electron chi connectivity index (χ1n) is 5.20. The van der Waals surface area contributed by atoms with E-state index in [0.717, 1.165) is 13.0 Å². The summed E-state index contributed by atoms with van der Waals surface area (Å²) in [6.45, 7) is 1.57. The van der Waals surface area contributed by atoms with Crippen molar-refractivity contribution in [2.24, 2.45) is 0 Å².